The van der Waals surface area contributed by atoms with E-state index in [0.717, 1.165) is 29.7 Å². The van der Waals surface area contributed by atoms with Crippen molar-refractivity contribution in [2.24, 2.45) is 0 Å². The van der Waals surface area contributed by atoms with Gasteiger partial charge >= 0.3 is 0 Å². The second kappa shape index (κ2) is 8.39. The van der Waals surface area contributed by atoms with Gasteiger partial charge < -0.3 is 15.5 Å². The maximum atomic E-state index is 6.05. The number of benzene rings is 2. The van der Waals surface area contributed by atoms with Crippen molar-refractivity contribution in [3.8, 4) is 0 Å². The zero-order valence-electron chi connectivity index (χ0n) is 15.5. The number of rotatable bonds is 7. The highest BCUT2D eigenvalue weighted by atomic mass is 35.5. The molecule has 0 unspecified atom stereocenters. The Kier molecular flexibility index (Phi) is 5.96. The molecule has 0 saturated carbocycles. The third kappa shape index (κ3) is 4.65. The van der Waals surface area contributed by atoms with Crippen molar-refractivity contribution in [3.63, 3.8) is 0 Å². The van der Waals surface area contributed by atoms with Crippen LogP contribution in [0.1, 0.15) is 12.5 Å². The van der Waals surface area contributed by atoms with E-state index in [1.807, 2.05) is 30.5 Å². The van der Waals surface area contributed by atoms with Crippen molar-refractivity contribution >= 4 is 33.9 Å². The molecular formula is C21H25ClN4. The Morgan fingerprint density at radius 2 is 1.85 bits per heavy atom. The second-order valence-electron chi connectivity index (χ2n) is 6.74. The topological polar surface area (TPSA) is 40.2 Å². The molecule has 0 aliphatic carbocycles. The number of nitrogens with one attached hydrogen (secondary N) is 2. The first-order valence-corrected chi connectivity index (χ1v) is 9.18. The Morgan fingerprint density at radius 1 is 1.08 bits per heavy atom. The molecule has 2 aromatic carbocycles. The first-order valence-electron chi connectivity index (χ1n) is 8.81. The van der Waals surface area contributed by atoms with E-state index in [2.05, 4.69) is 65.8 Å². The van der Waals surface area contributed by atoms with Crippen LogP contribution in [0.4, 0.5) is 11.4 Å². The zero-order chi connectivity index (χ0) is 18.5. The predicted molar refractivity (Wildman–Crippen MR) is 112 cm³/mol. The van der Waals surface area contributed by atoms with E-state index in [-0.39, 0.29) is 0 Å². The number of fused-ring (bicyclic) bond motifs is 1. The molecule has 26 heavy (non-hydrogen) atoms. The summed E-state index contributed by atoms with van der Waals surface area (Å²) in [5.74, 6) is 0. The molecule has 0 amide bonds. The normalized spacial score (nSPS) is 12.2. The lowest BCUT2D eigenvalue weighted by Crippen LogP contribution is -2.32. The van der Waals surface area contributed by atoms with Crippen LogP contribution in [0.15, 0.2) is 54.7 Å². The van der Waals surface area contributed by atoms with Crippen LogP contribution >= 0.6 is 11.6 Å². The number of aromatic nitrogens is 1. The average molecular weight is 369 g/mol. The summed E-state index contributed by atoms with van der Waals surface area (Å²) >= 11 is 6.05. The first kappa shape index (κ1) is 18.5. The minimum absolute atomic E-state index is 0.332. The molecule has 5 heteroatoms. The Morgan fingerprint density at radius 3 is 2.58 bits per heavy atom. The summed E-state index contributed by atoms with van der Waals surface area (Å²) in [4.78, 5) is 6.49. The smallest absolute Gasteiger partial charge is 0.0737 e. The van der Waals surface area contributed by atoms with Crippen LogP contribution < -0.4 is 15.5 Å². The lowest BCUT2D eigenvalue weighted by Gasteiger charge is -2.17. The molecule has 0 radical (unpaired) electrons. The van der Waals surface area contributed by atoms with Crippen LogP contribution in [0.2, 0.25) is 5.02 Å². The van der Waals surface area contributed by atoms with Crippen molar-refractivity contribution in [2.75, 3.05) is 30.9 Å². The number of hydrogen-bond acceptors (Lipinski definition) is 4. The number of hydrogen-bond donors (Lipinski definition) is 2. The van der Waals surface area contributed by atoms with Gasteiger partial charge in [-0.25, -0.2) is 0 Å². The molecule has 2 N–H and O–H groups in total. The number of pyridine rings is 1. The van der Waals surface area contributed by atoms with Crippen LogP contribution in [0.5, 0.6) is 0 Å². The van der Waals surface area contributed by atoms with Gasteiger partial charge in [-0.15, -0.1) is 0 Å². The molecule has 3 aromatic rings. The van der Waals surface area contributed by atoms with Gasteiger partial charge in [-0.05, 0) is 48.9 Å². The molecule has 4 nitrogen and oxygen atoms in total. The van der Waals surface area contributed by atoms with E-state index in [1.165, 1.54) is 11.3 Å². The molecule has 0 saturated heterocycles. The molecule has 0 spiro atoms. The molecule has 1 atom stereocenters. The van der Waals surface area contributed by atoms with E-state index in [9.17, 15) is 0 Å². The summed E-state index contributed by atoms with van der Waals surface area (Å²) in [6.07, 6.45) is 1.81. The first-order chi connectivity index (χ1) is 12.5. The highest BCUT2D eigenvalue weighted by molar-refractivity contribution is 6.31. The summed E-state index contributed by atoms with van der Waals surface area (Å²) in [6, 6.07) is 16.8. The summed E-state index contributed by atoms with van der Waals surface area (Å²) in [5.41, 5.74) is 4.49. The van der Waals surface area contributed by atoms with Crippen LogP contribution in [0.3, 0.4) is 0 Å². The van der Waals surface area contributed by atoms with Gasteiger partial charge in [0, 0.05) is 61.2 Å². The molecule has 3 rings (SSSR count). The van der Waals surface area contributed by atoms with Crippen molar-refractivity contribution in [1.29, 1.82) is 0 Å². The Labute approximate surface area is 160 Å². The van der Waals surface area contributed by atoms with Gasteiger partial charge in [-0.1, -0.05) is 23.7 Å². The van der Waals surface area contributed by atoms with Gasteiger partial charge in [0.05, 0.1) is 5.52 Å². The van der Waals surface area contributed by atoms with Gasteiger partial charge in [0.2, 0.25) is 0 Å². The minimum atomic E-state index is 0.332. The standard InChI is InChI=1S/C21H25ClN4/c1-15(24-14-16-4-7-18(8-5-16)26(2)3)13-25-20-10-11-23-21-12-17(22)6-9-19(20)21/h4-12,15,24H,13-14H2,1-3H3,(H,23,25)/t15-/m1/s1. The number of nitrogens with zero attached hydrogens (tertiary/aromatic N) is 2. The maximum Gasteiger partial charge on any atom is 0.0737 e. The van der Waals surface area contributed by atoms with Gasteiger partial charge in [-0.3, -0.25) is 4.98 Å². The fourth-order valence-electron chi connectivity index (χ4n) is 2.81. The van der Waals surface area contributed by atoms with E-state index in [4.69, 9.17) is 11.6 Å². The van der Waals surface area contributed by atoms with Crippen LogP contribution in [0, 0.1) is 0 Å². The average Bonchev–Trinajstić information content (AvgIpc) is 2.64. The van der Waals surface area contributed by atoms with Gasteiger partial charge in [0.25, 0.3) is 0 Å². The van der Waals surface area contributed by atoms with Crippen LogP contribution in [-0.2, 0) is 6.54 Å². The monoisotopic (exact) mass is 368 g/mol. The third-order valence-corrected chi connectivity index (χ3v) is 4.65. The summed E-state index contributed by atoms with van der Waals surface area (Å²) in [5, 5.41) is 8.87. The van der Waals surface area contributed by atoms with Crippen molar-refractivity contribution in [3.05, 3.63) is 65.3 Å². The van der Waals surface area contributed by atoms with E-state index in [0.29, 0.717) is 11.1 Å². The van der Waals surface area contributed by atoms with Gasteiger partial charge in [0.15, 0.2) is 0 Å². The van der Waals surface area contributed by atoms with Crippen LogP contribution in [-0.4, -0.2) is 31.7 Å². The molecule has 0 aliphatic heterocycles. The molecular weight excluding hydrogens is 344 g/mol. The van der Waals surface area contributed by atoms with Gasteiger partial charge in [-0.2, -0.15) is 0 Å². The lowest BCUT2D eigenvalue weighted by atomic mass is 10.1. The molecule has 0 fully saturated rings. The van der Waals surface area contributed by atoms with E-state index < -0.39 is 0 Å². The van der Waals surface area contributed by atoms with Crippen molar-refractivity contribution in [2.45, 2.75) is 19.5 Å². The third-order valence-electron chi connectivity index (χ3n) is 4.41. The van der Waals surface area contributed by atoms with Gasteiger partial charge in [0.1, 0.15) is 0 Å². The van der Waals surface area contributed by atoms with E-state index >= 15 is 0 Å². The molecule has 1 aromatic heterocycles. The predicted octanol–water partition coefficient (Wildman–Crippen LogP) is 4.54. The highest BCUT2D eigenvalue weighted by Gasteiger charge is 2.06. The second-order valence-corrected chi connectivity index (χ2v) is 7.18. The fourth-order valence-corrected chi connectivity index (χ4v) is 2.98. The summed E-state index contributed by atoms with van der Waals surface area (Å²) in [7, 11) is 4.11. The zero-order valence-corrected chi connectivity index (χ0v) is 16.2. The molecule has 136 valence electrons. The van der Waals surface area contributed by atoms with E-state index in [1.54, 1.807) is 0 Å². The maximum absolute atomic E-state index is 6.05. The minimum Gasteiger partial charge on any atom is -0.383 e. The molecule has 0 bridgehead atoms. The van der Waals surface area contributed by atoms with Crippen LogP contribution in [0.25, 0.3) is 10.9 Å². The number of halogens is 1. The summed E-state index contributed by atoms with van der Waals surface area (Å²) < 4.78 is 0. The number of anilines is 2. The Balaban J connectivity index is 1.55. The Bertz CT molecular complexity index is 862. The molecule has 0 aliphatic rings. The fraction of sp³-hybridized carbons (Fsp3) is 0.286. The van der Waals surface area contributed by atoms with Crippen molar-refractivity contribution < 1.29 is 0 Å². The quantitative estimate of drug-likeness (QED) is 0.642. The van der Waals surface area contributed by atoms with Crippen molar-refractivity contribution in [1.82, 2.24) is 10.3 Å². The largest absolute Gasteiger partial charge is 0.383 e. The lowest BCUT2D eigenvalue weighted by molar-refractivity contribution is 0.568. The Hall–Kier alpha value is -2.30. The highest BCUT2D eigenvalue weighted by Crippen LogP contribution is 2.24. The SMILES string of the molecule is C[C@H](CNc1ccnc2cc(Cl)ccc12)NCc1ccc(N(C)C)cc1. The molecule has 1 heterocycles. The summed E-state index contributed by atoms with van der Waals surface area (Å²) in [6.45, 7) is 3.86.